The van der Waals surface area contributed by atoms with Crippen LogP contribution in [0.5, 0.6) is 11.5 Å². The second kappa shape index (κ2) is 5.10. The molecule has 11 heteroatoms. The number of ether oxygens (including phenoxy) is 2. The molecule has 128 valence electrons. The number of aryl methyl sites for hydroxylation is 1. The average molecular weight is 411 g/mol. The highest BCUT2D eigenvalue weighted by atomic mass is 79.9. The smallest absolute Gasteiger partial charge is 0.476 e. The predicted molar refractivity (Wildman–Crippen MR) is 74.5 cm³/mol. The minimum absolute atomic E-state index is 0.200. The third-order valence-electron chi connectivity index (χ3n) is 3.22. The summed E-state index contributed by atoms with van der Waals surface area (Å²) < 4.78 is 62.4. The highest BCUT2D eigenvalue weighted by Gasteiger charge is 2.66. The molecule has 1 aliphatic rings. The van der Waals surface area contributed by atoms with Crippen LogP contribution in [0.25, 0.3) is 11.3 Å². The van der Waals surface area contributed by atoms with Gasteiger partial charge in [-0.15, -0.1) is 0 Å². The Morgan fingerprint density at radius 3 is 2.21 bits per heavy atom. The normalized spacial score (nSPS) is 17.6. The van der Waals surface area contributed by atoms with Crippen LogP contribution < -0.4 is 9.47 Å². The number of hydrogen-bond donors (Lipinski definition) is 1. The Labute approximate surface area is 139 Å². The van der Waals surface area contributed by atoms with Crippen LogP contribution in [0.4, 0.5) is 17.6 Å². The van der Waals surface area contributed by atoms with Gasteiger partial charge in [0.2, 0.25) is 0 Å². The first-order chi connectivity index (χ1) is 11.0. The van der Waals surface area contributed by atoms with Gasteiger partial charge in [-0.1, -0.05) is 0 Å². The molecule has 0 saturated carbocycles. The van der Waals surface area contributed by atoms with Crippen molar-refractivity contribution >= 4 is 21.9 Å². The van der Waals surface area contributed by atoms with Crippen molar-refractivity contribution in [3.63, 3.8) is 0 Å². The van der Waals surface area contributed by atoms with Gasteiger partial charge < -0.3 is 14.6 Å². The van der Waals surface area contributed by atoms with Crippen LogP contribution in [0.3, 0.4) is 0 Å². The number of alkyl halides is 4. The van der Waals surface area contributed by atoms with E-state index in [9.17, 15) is 22.4 Å². The standard InChI is InChI=1S/C13H7BrF4N2O4/c1-20-8(4-7(19-20)11(21)22)5-2-9-10(3-6(5)14)24-13(17,18)12(15,16)23-9/h2-4H,1H3,(H,21,22). The molecule has 0 radical (unpaired) electrons. The molecule has 0 fully saturated rings. The van der Waals surface area contributed by atoms with E-state index in [1.807, 2.05) is 0 Å². The summed E-state index contributed by atoms with van der Waals surface area (Å²) in [5.74, 6) is -2.47. The summed E-state index contributed by atoms with van der Waals surface area (Å²) in [5.41, 5.74) is 0.179. The molecule has 24 heavy (non-hydrogen) atoms. The molecule has 2 aromatic rings. The average Bonchev–Trinajstić information content (AvgIpc) is 2.82. The number of aromatic carboxylic acids is 1. The molecule has 0 bridgehead atoms. The summed E-state index contributed by atoms with van der Waals surface area (Å²) in [4.78, 5) is 11.0. The van der Waals surface area contributed by atoms with Crippen molar-refractivity contribution in [3.05, 3.63) is 28.4 Å². The maximum Gasteiger partial charge on any atom is 0.507 e. The summed E-state index contributed by atoms with van der Waals surface area (Å²) >= 11 is 3.10. The number of halogens is 5. The molecule has 3 rings (SSSR count). The summed E-state index contributed by atoms with van der Waals surface area (Å²) in [6, 6.07) is 3.26. The zero-order valence-electron chi connectivity index (χ0n) is 11.7. The lowest BCUT2D eigenvalue weighted by atomic mass is 10.1. The molecule has 0 unspecified atom stereocenters. The van der Waals surface area contributed by atoms with E-state index in [4.69, 9.17) is 5.11 Å². The molecule has 6 nitrogen and oxygen atoms in total. The fourth-order valence-electron chi connectivity index (χ4n) is 2.11. The summed E-state index contributed by atoms with van der Waals surface area (Å²) in [7, 11) is 1.44. The lowest BCUT2D eigenvalue weighted by molar-refractivity contribution is -0.391. The molecule has 0 spiro atoms. The molecule has 1 aliphatic heterocycles. The van der Waals surface area contributed by atoms with Gasteiger partial charge in [0.1, 0.15) is 0 Å². The number of carboxylic acid groups (broad SMARTS) is 1. The zero-order valence-corrected chi connectivity index (χ0v) is 13.3. The molecule has 0 saturated heterocycles. The second-order valence-electron chi connectivity index (χ2n) is 4.86. The van der Waals surface area contributed by atoms with Crippen LogP contribution in [-0.2, 0) is 7.05 Å². The number of rotatable bonds is 2. The van der Waals surface area contributed by atoms with Crippen molar-refractivity contribution < 1.29 is 36.9 Å². The summed E-state index contributed by atoms with van der Waals surface area (Å²) in [6.45, 7) is 0. The van der Waals surface area contributed by atoms with E-state index in [0.717, 1.165) is 12.1 Å². The highest BCUT2D eigenvalue weighted by molar-refractivity contribution is 9.10. The van der Waals surface area contributed by atoms with Crippen LogP contribution in [0.1, 0.15) is 10.5 Å². The number of fused-ring (bicyclic) bond motifs is 1. The molecule has 1 aromatic carbocycles. The molecule has 0 aliphatic carbocycles. The monoisotopic (exact) mass is 410 g/mol. The van der Waals surface area contributed by atoms with Gasteiger partial charge in [-0.25, -0.2) is 4.79 Å². The van der Waals surface area contributed by atoms with E-state index in [1.54, 1.807) is 0 Å². The Morgan fingerprint density at radius 2 is 1.71 bits per heavy atom. The first-order valence-corrected chi connectivity index (χ1v) is 7.06. The molecule has 1 aromatic heterocycles. The van der Waals surface area contributed by atoms with Gasteiger partial charge >= 0.3 is 18.2 Å². The van der Waals surface area contributed by atoms with Crippen molar-refractivity contribution in [1.29, 1.82) is 0 Å². The predicted octanol–water partition coefficient (Wildman–Crippen LogP) is 3.50. The van der Waals surface area contributed by atoms with Crippen LogP contribution >= 0.6 is 15.9 Å². The van der Waals surface area contributed by atoms with E-state index >= 15 is 0 Å². The lowest BCUT2D eigenvalue weighted by Crippen LogP contribution is -2.52. The van der Waals surface area contributed by atoms with E-state index in [-0.39, 0.29) is 21.4 Å². The third kappa shape index (κ3) is 2.48. The summed E-state index contributed by atoms with van der Waals surface area (Å²) in [6.07, 6.45) is -9.66. The number of benzene rings is 1. The Balaban J connectivity index is 2.12. The fourth-order valence-corrected chi connectivity index (χ4v) is 2.64. The van der Waals surface area contributed by atoms with E-state index < -0.39 is 29.7 Å². The van der Waals surface area contributed by atoms with Crippen molar-refractivity contribution in [2.75, 3.05) is 0 Å². The van der Waals surface area contributed by atoms with E-state index in [2.05, 4.69) is 30.5 Å². The molecule has 1 N–H and O–H groups in total. The minimum Gasteiger partial charge on any atom is -0.476 e. The Bertz CT molecular complexity index is 853. The third-order valence-corrected chi connectivity index (χ3v) is 3.88. The van der Waals surface area contributed by atoms with Crippen LogP contribution in [0, 0.1) is 0 Å². The van der Waals surface area contributed by atoms with Crippen molar-refractivity contribution in [3.8, 4) is 22.8 Å². The van der Waals surface area contributed by atoms with Gasteiger partial charge in [0.15, 0.2) is 17.2 Å². The first-order valence-electron chi connectivity index (χ1n) is 6.27. The van der Waals surface area contributed by atoms with Gasteiger partial charge in [-0.05, 0) is 34.1 Å². The Morgan fingerprint density at radius 1 is 1.17 bits per heavy atom. The van der Waals surface area contributed by atoms with Gasteiger partial charge in [-0.2, -0.15) is 22.7 Å². The molecule has 0 amide bonds. The summed E-state index contributed by atoms with van der Waals surface area (Å²) in [5, 5.41) is 12.7. The van der Waals surface area contributed by atoms with Crippen molar-refractivity contribution in [1.82, 2.24) is 9.78 Å². The minimum atomic E-state index is -4.84. The van der Waals surface area contributed by atoms with Crippen LogP contribution in [0.15, 0.2) is 22.7 Å². The number of nitrogens with zero attached hydrogens (tertiary/aromatic N) is 2. The highest BCUT2D eigenvalue weighted by Crippen LogP contribution is 2.49. The number of carboxylic acids is 1. The van der Waals surface area contributed by atoms with Crippen molar-refractivity contribution in [2.24, 2.45) is 7.05 Å². The second-order valence-corrected chi connectivity index (χ2v) is 5.71. The molecule has 0 atom stereocenters. The number of carbonyl (C=O) groups is 1. The molecular weight excluding hydrogens is 404 g/mol. The van der Waals surface area contributed by atoms with E-state index in [1.165, 1.54) is 17.8 Å². The SMILES string of the molecule is Cn1nc(C(=O)O)cc1-c1cc2c(cc1Br)OC(F)(F)C(F)(F)O2. The van der Waals surface area contributed by atoms with Gasteiger partial charge in [0.25, 0.3) is 0 Å². The fraction of sp³-hybridized carbons (Fsp3) is 0.231. The lowest BCUT2D eigenvalue weighted by Gasteiger charge is -2.32. The van der Waals surface area contributed by atoms with Crippen LogP contribution in [0.2, 0.25) is 0 Å². The van der Waals surface area contributed by atoms with Crippen molar-refractivity contribution in [2.45, 2.75) is 12.2 Å². The topological polar surface area (TPSA) is 73.6 Å². The Kier molecular flexibility index (Phi) is 3.52. The molecular formula is C13H7BrF4N2O4. The largest absolute Gasteiger partial charge is 0.507 e. The first kappa shape index (κ1) is 16.6. The van der Waals surface area contributed by atoms with E-state index in [0.29, 0.717) is 0 Å². The van der Waals surface area contributed by atoms with Gasteiger partial charge in [0.05, 0.1) is 5.69 Å². The number of aromatic nitrogens is 2. The zero-order chi connectivity index (χ0) is 17.9. The maximum atomic E-state index is 13.3. The molecule has 2 heterocycles. The van der Waals surface area contributed by atoms with Gasteiger partial charge in [0, 0.05) is 17.1 Å². The quantitative estimate of drug-likeness (QED) is 0.766. The Hall–Kier alpha value is -2.30. The maximum absolute atomic E-state index is 13.3. The van der Waals surface area contributed by atoms with Crippen LogP contribution in [-0.4, -0.2) is 33.1 Å². The van der Waals surface area contributed by atoms with Gasteiger partial charge in [-0.3, -0.25) is 4.68 Å². The number of hydrogen-bond acceptors (Lipinski definition) is 4.